The Morgan fingerprint density at radius 3 is 1.88 bits per heavy atom. The Morgan fingerprint density at radius 2 is 1.88 bits per heavy atom. The third-order valence-electron chi connectivity index (χ3n) is 0.716. The molecule has 0 aliphatic carbocycles. The normalized spacial score (nSPS) is 18.8. The van der Waals surface area contributed by atoms with Crippen molar-refractivity contribution in [1.29, 1.82) is 0 Å². The third-order valence-corrected chi connectivity index (χ3v) is 8.84. The minimum absolute atomic E-state index is 0.395. The fourth-order valence-electron chi connectivity index (χ4n) is 0.0583. The highest BCUT2D eigenvalue weighted by Gasteiger charge is 2.31. The molecular formula is C3H6Cl4Si. The van der Waals surface area contributed by atoms with Gasteiger partial charge in [-0.1, -0.05) is 6.55 Å². The van der Waals surface area contributed by atoms with Crippen molar-refractivity contribution in [3.8, 4) is 0 Å². The summed E-state index contributed by atoms with van der Waals surface area (Å²) in [6.45, 7) is 1.83. The Hall–Kier alpha value is 1.38. The maximum Gasteiger partial charge on any atom is 0.202 e. The van der Waals surface area contributed by atoms with Gasteiger partial charge in [0.15, 0.2) is 0 Å². The van der Waals surface area contributed by atoms with Crippen molar-refractivity contribution >= 4 is 53.3 Å². The van der Waals surface area contributed by atoms with E-state index in [4.69, 9.17) is 45.9 Å². The molecule has 50 valence electrons. The smallest absolute Gasteiger partial charge is 0.163 e. The molecule has 0 aliphatic heterocycles. The lowest BCUT2D eigenvalue weighted by molar-refractivity contribution is 1.67. The quantitative estimate of drug-likeness (QED) is 0.375. The van der Waals surface area contributed by atoms with Crippen molar-refractivity contribution in [2.45, 2.75) is 11.0 Å². The molecule has 0 spiro atoms. The van der Waals surface area contributed by atoms with Gasteiger partial charge in [-0.2, -0.15) is 11.1 Å². The molecule has 0 nitrogen and oxygen atoms in total. The lowest BCUT2D eigenvalue weighted by Crippen LogP contribution is -2.34. The van der Waals surface area contributed by atoms with Crippen molar-refractivity contribution in [1.82, 2.24) is 0 Å². The SMILES string of the molecule is C[Si](Cl)(CCl)C(Cl)Cl. The van der Waals surface area contributed by atoms with Gasteiger partial charge in [-0.3, -0.25) is 0 Å². The standard InChI is InChI=1S/C3H6Cl4Si/c1-8(7,2-4)3(5)6/h3H,2H2,1H3. The molecule has 0 saturated heterocycles. The molecule has 0 N–H and O–H groups in total. The minimum Gasteiger partial charge on any atom is -0.163 e. The molecule has 0 fully saturated rings. The van der Waals surface area contributed by atoms with Crippen LogP contribution in [0.4, 0.5) is 0 Å². The summed E-state index contributed by atoms with van der Waals surface area (Å²) in [6.07, 6.45) is 0. The van der Waals surface area contributed by atoms with E-state index in [9.17, 15) is 0 Å². The minimum atomic E-state index is -1.99. The highest BCUT2D eigenvalue weighted by molar-refractivity contribution is 7.27. The van der Waals surface area contributed by atoms with Gasteiger partial charge in [0.05, 0.1) is 0 Å². The lowest BCUT2D eigenvalue weighted by atomic mass is 11.8. The van der Waals surface area contributed by atoms with Crippen LogP contribution in [0.2, 0.25) is 6.55 Å². The van der Waals surface area contributed by atoms with E-state index >= 15 is 0 Å². The molecule has 0 amide bonds. The molecule has 0 aliphatic rings. The molecule has 8 heavy (non-hydrogen) atoms. The van der Waals surface area contributed by atoms with Crippen molar-refractivity contribution in [3.05, 3.63) is 0 Å². The summed E-state index contributed by atoms with van der Waals surface area (Å²) in [7, 11) is -1.99. The van der Waals surface area contributed by atoms with Crippen LogP contribution in [-0.4, -0.2) is 17.3 Å². The second-order valence-electron chi connectivity index (χ2n) is 1.71. The monoisotopic (exact) mass is 210 g/mol. The van der Waals surface area contributed by atoms with Crippen molar-refractivity contribution in [3.63, 3.8) is 0 Å². The Labute approximate surface area is 69.8 Å². The summed E-state index contributed by atoms with van der Waals surface area (Å²) >= 11 is 22.2. The first kappa shape index (κ1) is 9.38. The van der Waals surface area contributed by atoms with Crippen LogP contribution in [0.3, 0.4) is 0 Å². The van der Waals surface area contributed by atoms with Crippen LogP contribution in [0.25, 0.3) is 0 Å². The molecule has 0 aromatic carbocycles. The Bertz CT molecular complexity index is 71.7. The zero-order chi connectivity index (χ0) is 6.78. The van der Waals surface area contributed by atoms with Gasteiger partial charge in [-0.05, 0) is 0 Å². The first-order chi connectivity index (χ1) is 3.50. The fourth-order valence-corrected chi connectivity index (χ4v) is 1.57. The van der Waals surface area contributed by atoms with Crippen LogP contribution in [0.15, 0.2) is 0 Å². The zero-order valence-electron chi connectivity index (χ0n) is 4.30. The van der Waals surface area contributed by atoms with Gasteiger partial charge in [0.25, 0.3) is 0 Å². The molecular weight excluding hydrogens is 206 g/mol. The fraction of sp³-hybridized carbons (Fsp3) is 1.00. The van der Waals surface area contributed by atoms with Crippen LogP contribution >= 0.6 is 45.9 Å². The highest BCUT2D eigenvalue weighted by Crippen LogP contribution is 2.23. The molecule has 5 heteroatoms. The van der Waals surface area contributed by atoms with E-state index in [2.05, 4.69) is 0 Å². The van der Waals surface area contributed by atoms with Gasteiger partial charge < -0.3 is 0 Å². The molecule has 0 radical (unpaired) electrons. The second-order valence-corrected chi connectivity index (χ2v) is 10.3. The maximum absolute atomic E-state index is 5.80. The summed E-state index contributed by atoms with van der Waals surface area (Å²) < 4.78 is -0.471. The number of alkyl halides is 3. The number of halogens is 4. The summed E-state index contributed by atoms with van der Waals surface area (Å²) in [4.78, 5) is 0. The molecule has 0 aromatic rings. The number of hydrogen-bond donors (Lipinski definition) is 0. The maximum atomic E-state index is 5.80. The van der Waals surface area contributed by atoms with Crippen LogP contribution in [0, 0.1) is 0 Å². The van der Waals surface area contributed by atoms with Gasteiger partial charge in [-0.25, -0.2) is 0 Å². The summed E-state index contributed by atoms with van der Waals surface area (Å²) in [5.41, 5.74) is 0.395. The van der Waals surface area contributed by atoms with Crippen LogP contribution in [0.5, 0.6) is 0 Å². The van der Waals surface area contributed by atoms with E-state index in [0.717, 1.165) is 0 Å². The van der Waals surface area contributed by atoms with Crippen molar-refractivity contribution in [2.75, 3.05) is 5.50 Å². The van der Waals surface area contributed by atoms with Crippen LogP contribution in [-0.2, 0) is 0 Å². The lowest BCUT2D eigenvalue weighted by Gasteiger charge is -2.15. The van der Waals surface area contributed by atoms with Crippen molar-refractivity contribution in [2.24, 2.45) is 0 Å². The largest absolute Gasteiger partial charge is 0.202 e. The second kappa shape index (κ2) is 3.52. The molecule has 1 unspecified atom stereocenters. The van der Waals surface area contributed by atoms with Gasteiger partial charge in [0.1, 0.15) is 4.46 Å². The van der Waals surface area contributed by atoms with E-state index in [1.54, 1.807) is 0 Å². The molecule has 0 saturated carbocycles. The topological polar surface area (TPSA) is 0 Å². The molecule has 0 heterocycles. The Morgan fingerprint density at radius 1 is 1.50 bits per heavy atom. The predicted molar refractivity (Wildman–Crippen MR) is 43.7 cm³/mol. The zero-order valence-corrected chi connectivity index (χ0v) is 8.32. The number of hydrogen-bond acceptors (Lipinski definition) is 0. The van der Waals surface area contributed by atoms with E-state index in [1.807, 2.05) is 6.55 Å². The van der Waals surface area contributed by atoms with E-state index < -0.39 is 11.8 Å². The number of rotatable bonds is 2. The van der Waals surface area contributed by atoms with E-state index in [-0.39, 0.29) is 0 Å². The molecule has 0 bridgehead atoms. The van der Waals surface area contributed by atoms with Crippen molar-refractivity contribution < 1.29 is 0 Å². The van der Waals surface area contributed by atoms with Crippen LogP contribution in [0.1, 0.15) is 0 Å². The average molecular weight is 212 g/mol. The van der Waals surface area contributed by atoms with Gasteiger partial charge in [0.2, 0.25) is 7.38 Å². The third kappa shape index (κ3) is 2.79. The summed E-state index contributed by atoms with van der Waals surface area (Å²) in [5, 5.41) is 0. The predicted octanol–water partition coefficient (Wildman–Crippen LogP) is 2.92. The van der Waals surface area contributed by atoms with Gasteiger partial charge >= 0.3 is 0 Å². The summed E-state index contributed by atoms with van der Waals surface area (Å²) in [5.74, 6) is 0. The van der Waals surface area contributed by atoms with Gasteiger partial charge in [0, 0.05) is 5.50 Å². The van der Waals surface area contributed by atoms with E-state index in [0.29, 0.717) is 5.50 Å². The molecule has 0 rings (SSSR count). The van der Waals surface area contributed by atoms with E-state index in [1.165, 1.54) is 0 Å². The first-order valence-electron chi connectivity index (χ1n) is 2.03. The molecule has 0 aromatic heterocycles. The Kier molecular flexibility index (Phi) is 4.13. The highest BCUT2D eigenvalue weighted by atomic mass is 35.6. The average Bonchev–Trinajstić information content (AvgIpc) is 1.67. The Balaban J connectivity index is 3.71. The van der Waals surface area contributed by atoms with Gasteiger partial charge in [-0.15, -0.1) is 34.8 Å². The van der Waals surface area contributed by atoms with Crippen LogP contribution < -0.4 is 0 Å². The summed E-state index contributed by atoms with van der Waals surface area (Å²) in [6, 6.07) is 0. The molecule has 1 atom stereocenters. The first-order valence-corrected chi connectivity index (χ1v) is 7.24.